The van der Waals surface area contributed by atoms with Gasteiger partial charge in [0, 0.05) is 12.1 Å². The van der Waals surface area contributed by atoms with Gasteiger partial charge in [-0.2, -0.15) is 0 Å². The summed E-state index contributed by atoms with van der Waals surface area (Å²) in [6, 6.07) is 7.70. The minimum atomic E-state index is -0.548. The van der Waals surface area contributed by atoms with Gasteiger partial charge in [-0.3, -0.25) is 0 Å². The third-order valence-corrected chi connectivity index (χ3v) is 3.56. The number of halogens is 3. The van der Waals surface area contributed by atoms with Gasteiger partial charge in [0.05, 0.1) is 21.8 Å². The van der Waals surface area contributed by atoms with Gasteiger partial charge in [-0.15, -0.1) is 0 Å². The monoisotopic (exact) mass is 373 g/mol. The third kappa shape index (κ3) is 4.02. The number of nitrogen functional groups attached to an aromatic ring is 1. The summed E-state index contributed by atoms with van der Waals surface area (Å²) in [6.45, 7) is 2.57. The molecule has 0 radical (unpaired) electrons. The molecular weight excluding hydrogens is 361 g/mol. The first kappa shape index (κ1) is 15.9. The maximum atomic E-state index is 13.5. The molecule has 0 spiro atoms. The number of nitrogens with two attached hydrogens (primary N) is 1. The summed E-state index contributed by atoms with van der Waals surface area (Å²) in [4.78, 5) is 0. The fraction of sp³-hybridized carbons (Fsp3) is 0.200. The Kier molecular flexibility index (Phi) is 5.31. The van der Waals surface area contributed by atoms with Crippen LogP contribution in [0.2, 0.25) is 5.02 Å². The zero-order valence-corrected chi connectivity index (χ0v) is 13.7. The number of anilines is 1. The van der Waals surface area contributed by atoms with Crippen LogP contribution in [0.4, 0.5) is 10.1 Å². The van der Waals surface area contributed by atoms with Crippen molar-refractivity contribution in [1.82, 2.24) is 0 Å². The molecule has 0 aliphatic heterocycles. The van der Waals surface area contributed by atoms with Crippen LogP contribution >= 0.6 is 27.5 Å². The van der Waals surface area contributed by atoms with Crippen molar-refractivity contribution in [2.75, 3.05) is 12.3 Å². The molecule has 0 atom stereocenters. The molecule has 0 saturated carbocycles. The molecule has 0 unspecified atom stereocenters. The Bertz CT molecular complexity index is 652. The molecule has 21 heavy (non-hydrogen) atoms. The molecule has 0 aliphatic carbocycles. The Morgan fingerprint density at radius 2 is 2.00 bits per heavy atom. The summed E-state index contributed by atoms with van der Waals surface area (Å²) in [7, 11) is 0. The van der Waals surface area contributed by atoms with E-state index in [2.05, 4.69) is 15.9 Å². The maximum absolute atomic E-state index is 13.5. The first-order chi connectivity index (χ1) is 10.0. The van der Waals surface area contributed by atoms with Gasteiger partial charge in [0.25, 0.3) is 0 Å². The highest BCUT2D eigenvalue weighted by atomic mass is 79.9. The zero-order valence-electron chi connectivity index (χ0n) is 11.3. The lowest BCUT2D eigenvalue weighted by Crippen LogP contribution is -1.99. The van der Waals surface area contributed by atoms with Crippen LogP contribution in [-0.4, -0.2) is 6.61 Å². The van der Waals surface area contributed by atoms with Gasteiger partial charge < -0.3 is 15.2 Å². The van der Waals surface area contributed by atoms with Gasteiger partial charge in [-0.1, -0.05) is 18.5 Å². The van der Waals surface area contributed by atoms with Crippen molar-refractivity contribution < 1.29 is 13.9 Å². The van der Waals surface area contributed by atoms with E-state index >= 15 is 0 Å². The second-order valence-corrected chi connectivity index (χ2v) is 5.61. The Balaban J connectivity index is 2.25. The summed E-state index contributed by atoms with van der Waals surface area (Å²) in [6.07, 6.45) is 0.873. The average Bonchev–Trinajstić information content (AvgIpc) is 2.45. The van der Waals surface area contributed by atoms with E-state index in [4.69, 9.17) is 26.8 Å². The molecule has 0 amide bonds. The van der Waals surface area contributed by atoms with Crippen molar-refractivity contribution >= 4 is 33.2 Å². The average molecular weight is 375 g/mol. The van der Waals surface area contributed by atoms with E-state index in [1.807, 2.05) is 6.92 Å². The second kappa shape index (κ2) is 7.00. The predicted octanol–water partition coefficient (Wildman–Crippen LogP) is 5.40. The maximum Gasteiger partial charge on any atom is 0.145 e. The smallest absolute Gasteiger partial charge is 0.145 e. The van der Waals surface area contributed by atoms with E-state index in [1.54, 1.807) is 18.2 Å². The van der Waals surface area contributed by atoms with Crippen LogP contribution in [0.15, 0.2) is 34.8 Å². The summed E-state index contributed by atoms with van der Waals surface area (Å²) >= 11 is 8.98. The first-order valence-electron chi connectivity index (χ1n) is 6.36. The predicted molar refractivity (Wildman–Crippen MR) is 85.8 cm³/mol. The molecule has 0 saturated heterocycles. The van der Waals surface area contributed by atoms with E-state index in [0.717, 1.165) is 6.42 Å². The first-order valence-corrected chi connectivity index (χ1v) is 7.53. The van der Waals surface area contributed by atoms with E-state index in [-0.39, 0.29) is 5.02 Å². The summed E-state index contributed by atoms with van der Waals surface area (Å²) in [5.41, 5.74) is 6.36. The molecule has 6 heteroatoms. The molecule has 0 aromatic heterocycles. The van der Waals surface area contributed by atoms with E-state index in [0.29, 0.717) is 34.0 Å². The van der Waals surface area contributed by atoms with Crippen LogP contribution in [0.1, 0.15) is 13.3 Å². The summed E-state index contributed by atoms with van der Waals surface area (Å²) in [5, 5.41) is 0.0264. The van der Waals surface area contributed by atoms with Gasteiger partial charge in [-0.05, 0) is 40.5 Å². The van der Waals surface area contributed by atoms with Crippen molar-refractivity contribution in [1.29, 1.82) is 0 Å². The molecule has 2 aromatic rings. The molecule has 3 nitrogen and oxygen atoms in total. The van der Waals surface area contributed by atoms with Gasteiger partial charge in [0.1, 0.15) is 23.1 Å². The molecule has 0 heterocycles. The Morgan fingerprint density at radius 1 is 1.24 bits per heavy atom. The normalized spacial score (nSPS) is 10.5. The molecule has 2 rings (SSSR count). The minimum Gasteiger partial charge on any atom is -0.491 e. The highest BCUT2D eigenvalue weighted by molar-refractivity contribution is 9.10. The van der Waals surface area contributed by atoms with Crippen LogP contribution in [0.5, 0.6) is 17.2 Å². The number of ether oxygens (including phenoxy) is 2. The second-order valence-electron chi connectivity index (χ2n) is 4.35. The van der Waals surface area contributed by atoms with Crippen LogP contribution in [-0.2, 0) is 0 Å². The van der Waals surface area contributed by atoms with Crippen LogP contribution in [0.3, 0.4) is 0 Å². The number of hydrogen-bond donors (Lipinski definition) is 1. The highest BCUT2D eigenvalue weighted by Crippen LogP contribution is 2.36. The Hall–Kier alpha value is -1.46. The highest BCUT2D eigenvalue weighted by Gasteiger charge is 2.10. The van der Waals surface area contributed by atoms with Crippen LogP contribution < -0.4 is 15.2 Å². The van der Waals surface area contributed by atoms with Crippen molar-refractivity contribution in [3.8, 4) is 17.2 Å². The Labute approximate surface area is 135 Å². The fourth-order valence-corrected chi connectivity index (χ4v) is 2.34. The number of rotatable bonds is 5. The quantitative estimate of drug-likeness (QED) is 0.562. The lowest BCUT2D eigenvalue weighted by Gasteiger charge is -2.12. The molecular formula is C15H14BrClFNO2. The van der Waals surface area contributed by atoms with Crippen molar-refractivity contribution in [3.63, 3.8) is 0 Å². The van der Waals surface area contributed by atoms with Gasteiger partial charge in [-0.25, -0.2) is 4.39 Å². The van der Waals surface area contributed by atoms with E-state index in [1.165, 1.54) is 12.1 Å². The fourth-order valence-electron chi connectivity index (χ4n) is 1.62. The standard InChI is InChI=1S/C15H14BrClFNO2/c1-2-5-20-15-6-9(3-4-13(15)19)21-14-8-12(18)11(17)7-10(14)16/h3-4,6-8H,2,5,19H2,1H3. The largest absolute Gasteiger partial charge is 0.491 e. The molecule has 0 fully saturated rings. The Morgan fingerprint density at radius 3 is 2.71 bits per heavy atom. The van der Waals surface area contributed by atoms with Gasteiger partial charge in [0.15, 0.2) is 0 Å². The van der Waals surface area contributed by atoms with Crippen LogP contribution in [0, 0.1) is 5.82 Å². The van der Waals surface area contributed by atoms with Gasteiger partial charge >= 0.3 is 0 Å². The zero-order chi connectivity index (χ0) is 15.4. The van der Waals surface area contributed by atoms with Crippen LogP contribution in [0.25, 0.3) is 0 Å². The van der Waals surface area contributed by atoms with E-state index < -0.39 is 5.82 Å². The third-order valence-electron chi connectivity index (χ3n) is 2.65. The van der Waals surface area contributed by atoms with Crippen molar-refractivity contribution in [2.45, 2.75) is 13.3 Å². The SMILES string of the molecule is CCCOc1cc(Oc2cc(F)c(Cl)cc2Br)ccc1N. The molecule has 0 bridgehead atoms. The lowest BCUT2D eigenvalue weighted by atomic mass is 10.2. The molecule has 2 N–H and O–H groups in total. The number of hydrogen-bond acceptors (Lipinski definition) is 3. The van der Waals surface area contributed by atoms with E-state index in [9.17, 15) is 4.39 Å². The van der Waals surface area contributed by atoms with Crippen molar-refractivity contribution in [3.05, 3.63) is 45.6 Å². The van der Waals surface area contributed by atoms with Gasteiger partial charge in [0.2, 0.25) is 0 Å². The number of benzene rings is 2. The molecule has 2 aromatic carbocycles. The lowest BCUT2D eigenvalue weighted by molar-refractivity contribution is 0.317. The van der Waals surface area contributed by atoms with Crippen molar-refractivity contribution in [2.24, 2.45) is 0 Å². The minimum absolute atomic E-state index is 0.0264. The topological polar surface area (TPSA) is 44.5 Å². The summed E-state index contributed by atoms with van der Waals surface area (Å²) in [5.74, 6) is 0.813. The molecule has 0 aliphatic rings. The molecule has 112 valence electrons. The summed E-state index contributed by atoms with van der Waals surface area (Å²) < 4.78 is 25.2.